The largest absolute Gasteiger partial charge is 0.393 e. The Balaban J connectivity index is 1.77. The van der Waals surface area contributed by atoms with Crippen LogP contribution < -0.4 is 0 Å². The summed E-state index contributed by atoms with van der Waals surface area (Å²) in [5, 5.41) is 19.2. The molecule has 1 heterocycles. The molecule has 1 amide bonds. The van der Waals surface area contributed by atoms with Crippen molar-refractivity contribution < 1.29 is 9.90 Å². The Morgan fingerprint density at radius 1 is 1.42 bits per heavy atom. The van der Waals surface area contributed by atoms with E-state index in [2.05, 4.69) is 10.2 Å². The minimum Gasteiger partial charge on any atom is -0.393 e. The number of aryl methyl sites for hydroxylation is 1. The van der Waals surface area contributed by atoms with Gasteiger partial charge in [-0.2, -0.15) is 9.90 Å². The molecule has 128 valence electrons. The number of carbonyl (C=O) groups excluding carboxylic acids is 1. The van der Waals surface area contributed by atoms with Gasteiger partial charge in [-0.05, 0) is 38.0 Å². The van der Waals surface area contributed by atoms with Crippen LogP contribution in [0.15, 0.2) is 24.3 Å². The first-order valence-electron chi connectivity index (χ1n) is 8.09. The number of amides is 1. The lowest BCUT2D eigenvalue weighted by Crippen LogP contribution is -2.35. The standard InChI is InChI=1S/C17H21ClN4O2/c1-11-16(17(24)21(2)10-12-5-3-8-15(12)23)20-22(19-11)14-7-4-6-13(18)9-14/h4,6-7,9,12,15,23H,3,5,8,10H2,1-2H3. The minimum atomic E-state index is -0.316. The molecule has 6 nitrogen and oxygen atoms in total. The molecule has 2 atom stereocenters. The van der Waals surface area contributed by atoms with Crippen LogP contribution in [0.4, 0.5) is 0 Å². The number of halogens is 1. The van der Waals surface area contributed by atoms with E-state index in [1.54, 1.807) is 31.0 Å². The van der Waals surface area contributed by atoms with Gasteiger partial charge < -0.3 is 10.0 Å². The SMILES string of the molecule is Cc1nn(-c2cccc(Cl)c2)nc1C(=O)N(C)CC1CCCC1O. The summed E-state index contributed by atoms with van der Waals surface area (Å²) in [7, 11) is 1.74. The van der Waals surface area contributed by atoms with Gasteiger partial charge in [-0.15, -0.1) is 5.10 Å². The average molecular weight is 349 g/mol. The van der Waals surface area contributed by atoms with Crippen molar-refractivity contribution in [3.8, 4) is 5.69 Å². The van der Waals surface area contributed by atoms with Gasteiger partial charge in [0.2, 0.25) is 0 Å². The average Bonchev–Trinajstić information content (AvgIpc) is 3.13. The summed E-state index contributed by atoms with van der Waals surface area (Å²) in [6, 6.07) is 7.16. The molecule has 0 saturated heterocycles. The van der Waals surface area contributed by atoms with Crippen LogP contribution in [0.25, 0.3) is 5.69 Å². The smallest absolute Gasteiger partial charge is 0.276 e. The van der Waals surface area contributed by atoms with Crippen LogP contribution in [-0.4, -0.2) is 50.6 Å². The molecular weight excluding hydrogens is 328 g/mol. The summed E-state index contributed by atoms with van der Waals surface area (Å²) in [6.45, 7) is 2.29. The van der Waals surface area contributed by atoms with Crippen LogP contribution >= 0.6 is 11.6 Å². The lowest BCUT2D eigenvalue weighted by atomic mass is 10.1. The van der Waals surface area contributed by atoms with Gasteiger partial charge in [-0.1, -0.05) is 24.1 Å². The maximum Gasteiger partial charge on any atom is 0.276 e. The molecule has 7 heteroatoms. The molecule has 1 aliphatic rings. The normalized spacial score (nSPS) is 20.3. The summed E-state index contributed by atoms with van der Waals surface area (Å²) in [4.78, 5) is 15.7. The fourth-order valence-corrected chi connectivity index (χ4v) is 3.32. The van der Waals surface area contributed by atoms with Crippen LogP contribution in [0.5, 0.6) is 0 Å². The summed E-state index contributed by atoms with van der Waals surface area (Å²) in [5.41, 5.74) is 1.60. The zero-order valence-corrected chi connectivity index (χ0v) is 14.6. The van der Waals surface area contributed by atoms with E-state index in [4.69, 9.17) is 11.6 Å². The van der Waals surface area contributed by atoms with E-state index >= 15 is 0 Å². The van der Waals surface area contributed by atoms with Gasteiger partial charge in [0.05, 0.1) is 17.5 Å². The Kier molecular flexibility index (Phi) is 4.87. The summed E-state index contributed by atoms with van der Waals surface area (Å²) >= 11 is 6.00. The van der Waals surface area contributed by atoms with Gasteiger partial charge in [0.1, 0.15) is 0 Å². The quantitative estimate of drug-likeness (QED) is 0.921. The molecule has 0 aliphatic heterocycles. The fraction of sp³-hybridized carbons (Fsp3) is 0.471. The Morgan fingerprint density at radius 2 is 2.21 bits per heavy atom. The third-order valence-electron chi connectivity index (χ3n) is 4.50. The molecule has 0 bridgehead atoms. The monoisotopic (exact) mass is 348 g/mol. The van der Waals surface area contributed by atoms with Gasteiger partial charge in [0.25, 0.3) is 5.91 Å². The van der Waals surface area contributed by atoms with Crippen molar-refractivity contribution in [2.75, 3.05) is 13.6 Å². The van der Waals surface area contributed by atoms with Crippen LogP contribution in [0, 0.1) is 12.8 Å². The number of carbonyl (C=O) groups is 1. The lowest BCUT2D eigenvalue weighted by Gasteiger charge is -2.22. The number of aliphatic hydroxyl groups is 1. The molecule has 1 N–H and O–H groups in total. The number of hydrogen-bond acceptors (Lipinski definition) is 4. The second-order valence-corrected chi connectivity index (χ2v) is 6.78. The molecule has 0 radical (unpaired) electrons. The number of hydrogen-bond donors (Lipinski definition) is 1. The molecular formula is C17H21ClN4O2. The van der Waals surface area contributed by atoms with E-state index < -0.39 is 0 Å². The van der Waals surface area contributed by atoms with E-state index in [1.807, 2.05) is 12.1 Å². The van der Waals surface area contributed by atoms with Crippen molar-refractivity contribution >= 4 is 17.5 Å². The van der Waals surface area contributed by atoms with Gasteiger partial charge in [0, 0.05) is 24.5 Å². The van der Waals surface area contributed by atoms with Crippen molar-refractivity contribution in [2.24, 2.45) is 5.92 Å². The van der Waals surface area contributed by atoms with Crippen LogP contribution in [0.1, 0.15) is 35.4 Å². The molecule has 3 rings (SSSR count). The third kappa shape index (κ3) is 3.44. The number of aliphatic hydroxyl groups excluding tert-OH is 1. The predicted octanol–water partition coefficient (Wildman–Crippen LogP) is 2.46. The number of nitrogens with zero attached hydrogens (tertiary/aromatic N) is 4. The molecule has 1 saturated carbocycles. The molecule has 24 heavy (non-hydrogen) atoms. The highest BCUT2D eigenvalue weighted by Crippen LogP contribution is 2.26. The molecule has 2 aromatic rings. The zero-order chi connectivity index (χ0) is 17.3. The first-order valence-corrected chi connectivity index (χ1v) is 8.47. The summed E-state index contributed by atoms with van der Waals surface area (Å²) in [6.07, 6.45) is 2.46. The Hall–Kier alpha value is -1.92. The number of benzene rings is 1. The van der Waals surface area contributed by atoms with E-state index in [1.165, 1.54) is 4.80 Å². The van der Waals surface area contributed by atoms with Crippen LogP contribution in [-0.2, 0) is 0 Å². The maximum atomic E-state index is 12.7. The topological polar surface area (TPSA) is 71.2 Å². The highest BCUT2D eigenvalue weighted by molar-refractivity contribution is 6.30. The highest BCUT2D eigenvalue weighted by Gasteiger charge is 2.29. The van der Waals surface area contributed by atoms with E-state index in [-0.39, 0.29) is 17.9 Å². The van der Waals surface area contributed by atoms with Gasteiger partial charge in [-0.3, -0.25) is 4.79 Å². The zero-order valence-electron chi connectivity index (χ0n) is 13.8. The van der Waals surface area contributed by atoms with E-state index in [0.717, 1.165) is 19.3 Å². The highest BCUT2D eigenvalue weighted by atomic mass is 35.5. The van der Waals surface area contributed by atoms with Crippen LogP contribution in [0.2, 0.25) is 5.02 Å². The molecule has 1 fully saturated rings. The molecule has 1 aliphatic carbocycles. The Morgan fingerprint density at radius 3 is 2.88 bits per heavy atom. The summed E-state index contributed by atoms with van der Waals surface area (Å²) < 4.78 is 0. The predicted molar refractivity (Wildman–Crippen MR) is 91.4 cm³/mol. The maximum absolute atomic E-state index is 12.7. The van der Waals surface area contributed by atoms with Gasteiger partial charge in [0.15, 0.2) is 5.69 Å². The molecule has 1 aromatic carbocycles. The second-order valence-electron chi connectivity index (χ2n) is 6.35. The summed E-state index contributed by atoms with van der Waals surface area (Å²) in [5.74, 6) is -0.0397. The fourth-order valence-electron chi connectivity index (χ4n) is 3.14. The van der Waals surface area contributed by atoms with Crippen molar-refractivity contribution in [2.45, 2.75) is 32.3 Å². The molecule has 0 spiro atoms. The van der Waals surface area contributed by atoms with Gasteiger partial charge in [-0.25, -0.2) is 0 Å². The van der Waals surface area contributed by atoms with E-state index in [9.17, 15) is 9.90 Å². The van der Waals surface area contributed by atoms with Crippen LogP contribution in [0.3, 0.4) is 0 Å². The second kappa shape index (κ2) is 6.91. The number of aromatic nitrogens is 3. The van der Waals surface area contributed by atoms with E-state index in [0.29, 0.717) is 28.6 Å². The van der Waals surface area contributed by atoms with Crippen molar-refractivity contribution in [3.63, 3.8) is 0 Å². The van der Waals surface area contributed by atoms with Crippen molar-refractivity contribution in [1.82, 2.24) is 19.9 Å². The first-order chi connectivity index (χ1) is 11.5. The number of rotatable bonds is 4. The Bertz CT molecular complexity index is 746. The molecule has 1 aromatic heterocycles. The third-order valence-corrected chi connectivity index (χ3v) is 4.73. The molecule has 2 unspecified atom stereocenters. The lowest BCUT2D eigenvalue weighted by molar-refractivity contribution is 0.0687. The minimum absolute atomic E-state index is 0.141. The Labute approximate surface area is 146 Å². The van der Waals surface area contributed by atoms with Crippen molar-refractivity contribution in [1.29, 1.82) is 0 Å². The van der Waals surface area contributed by atoms with Crippen molar-refractivity contribution in [3.05, 3.63) is 40.7 Å². The first kappa shape index (κ1) is 16.9. The van der Waals surface area contributed by atoms with Gasteiger partial charge >= 0.3 is 0 Å².